The number of carbonyl (C=O) groups is 2. The number of hydrogen-bond acceptors (Lipinski definition) is 6. The lowest BCUT2D eigenvalue weighted by Gasteiger charge is -2.41. The van der Waals surface area contributed by atoms with E-state index in [0.717, 1.165) is 11.1 Å². The molecule has 2 heterocycles. The van der Waals surface area contributed by atoms with Crippen molar-refractivity contribution in [1.29, 1.82) is 5.26 Å². The number of rotatable bonds is 8. The van der Waals surface area contributed by atoms with E-state index in [1.54, 1.807) is 0 Å². The standard InChI is InChI=1S/C26H28F7N5O3S/c1-41-20-13-22(37(15-20)16-34)25(40)38(19-4-6-21(7-5-19)42(29,30,31,32)33)23(17-3-2-12-35-14-17)24(39)36-18-8-10-26(27,28)11-9-18/h2-7,12,14,18,20,22-23H,8-11,13,15H2,1H3,(H,36,39)/t20-,22-,23?/m1/s1/i23D. The van der Waals surface area contributed by atoms with Gasteiger partial charge >= 0.3 is 10.2 Å². The number of anilines is 1. The van der Waals surface area contributed by atoms with Crippen molar-refractivity contribution in [3.8, 4) is 6.19 Å². The fourth-order valence-electron chi connectivity index (χ4n) is 4.98. The summed E-state index contributed by atoms with van der Waals surface area (Å²) in [5.74, 6) is -5.24. The van der Waals surface area contributed by atoms with Gasteiger partial charge in [-0.05, 0) is 43.2 Å². The highest BCUT2D eigenvalue weighted by Gasteiger charge is 2.65. The van der Waals surface area contributed by atoms with E-state index in [-0.39, 0.29) is 43.5 Å². The highest BCUT2D eigenvalue weighted by molar-refractivity contribution is 8.45. The third-order valence-corrected chi connectivity index (χ3v) is 8.36. The number of hydrogen-bond donors (Lipinski definition) is 1. The molecule has 0 radical (unpaired) electrons. The van der Waals surface area contributed by atoms with Gasteiger partial charge in [0, 0.05) is 56.1 Å². The van der Waals surface area contributed by atoms with Gasteiger partial charge in [0.05, 0.1) is 14.0 Å². The molecule has 2 amide bonds. The molecule has 2 aliphatic rings. The zero-order valence-corrected chi connectivity index (χ0v) is 23.0. The number of carbonyl (C=O) groups excluding carboxylic acids is 2. The quantitative estimate of drug-likeness (QED) is 0.283. The van der Waals surface area contributed by atoms with Gasteiger partial charge in [-0.15, -0.1) is 0 Å². The first-order valence-corrected chi connectivity index (χ1v) is 14.7. The summed E-state index contributed by atoms with van der Waals surface area (Å²) in [6, 6.07) is -1.33. The molecule has 42 heavy (non-hydrogen) atoms. The molecule has 1 N–H and O–H groups in total. The molecule has 2 aromatic rings. The van der Waals surface area contributed by atoms with Crippen molar-refractivity contribution < 1.29 is 43.9 Å². The Hall–Kier alpha value is -3.58. The number of nitrogens with one attached hydrogen (secondary N) is 1. The van der Waals surface area contributed by atoms with Gasteiger partial charge in [0.2, 0.25) is 11.8 Å². The fourth-order valence-corrected chi connectivity index (χ4v) is 5.63. The maximum absolute atomic E-state index is 14.2. The molecule has 1 saturated heterocycles. The third kappa shape index (κ3) is 7.06. The first-order valence-electron chi connectivity index (χ1n) is 13.3. The van der Waals surface area contributed by atoms with Crippen molar-refractivity contribution in [2.24, 2.45) is 0 Å². The minimum atomic E-state index is -10.1. The highest BCUT2D eigenvalue weighted by Crippen LogP contribution is 3.02. The number of nitrogens with zero attached hydrogens (tertiary/aromatic N) is 4. The lowest BCUT2D eigenvalue weighted by Crippen LogP contribution is -2.52. The van der Waals surface area contributed by atoms with E-state index in [1.165, 1.54) is 25.4 Å². The zero-order chi connectivity index (χ0) is 31.9. The Labute approximate surface area is 238 Å². The Kier molecular flexibility index (Phi) is 7.55. The monoisotopic (exact) mass is 624 g/mol. The van der Waals surface area contributed by atoms with Crippen LogP contribution in [0.2, 0.25) is 0 Å². The number of nitriles is 1. The summed E-state index contributed by atoms with van der Waals surface area (Å²) in [6.45, 7) is -0.0548. The van der Waals surface area contributed by atoms with E-state index < -0.39 is 75.6 Å². The van der Waals surface area contributed by atoms with Crippen LogP contribution in [-0.2, 0) is 14.3 Å². The van der Waals surface area contributed by atoms with Crippen molar-refractivity contribution in [3.05, 3.63) is 54.4 Å². The Morgan fingerprint density at radius 3 is 2.36 bits per heavy atom. The number of aromatic nitrogens is 1. The van der Waals surface area contributed by atoms with Crippen LogP contribution < -0.4 is 10.2 Å². The molecule has 0 spiro atoms. The Morgan fingerprint density at radius 1 is 1.19 bits per heavy atom. The lowest BCUT2D eigenvalue weighted by atomic mass is 9.91. The largest absolute Gasteiger partial charge is 0.379 e. The summed E-state index contributed by atoms with van der Waals surface area (Å²) in [6.07, 6.45) is 2.00. The molecule has 3 atom stereocenters. The minimum Gasteiger partial charge on any atom is -0.379 e. The lowest BCUT2D eigenvalue weighted by molar-refractivity contribution is -0.129. The van der Waals surface area contributed by atoms with Crippen molar-refractivity contribution in [1.82, 2.24) is 15.2 Å². The second-order valence-corrected chi connectivity index (χ2v) is 12.6. The van der Waals surface area contributed by atoms with E-state index in [4.69, 9.17) is 4.74 Å². The predicted octanol–water partition coefficient (Wildman–Crippen LogP) is 6.08. The van der Waals surface area contributed by atoms with Gasteiger partial charge in [-0.3, -0.25) is 24.4 Å². The topological polar surface area (TPSA) is 98.6 Å². The van der Waals surface area contributed by atoms with Crippen molar-refractivity contribution in [2.45, 2.75) is 67.1 Å². The van der Waals surface area contributed by atoms with Crippen molar-refractivity contribution in [2.75, 3.05) is 18.6 Å². The molecule has 1 aliphatic carbocycles. The van der Waals surface area contributed by atoms with Crippen molar-refractivity contribution in [3.63, 3.8) is 0 Å². The first-order chi connectivity index (χ1) is 19.8. The molecule has 1 aromatic carbocycles. The van der Waals surface area contributed by atoms with E-state index in [2.05, 4.69) is 10.3 Å². The minimum absolute atomic E-state index is 0.0383. The molecule has 1 aliphatic heterocycles. The average Bonchev–Trinajstić information content (AvgIpc) is 3.37. The van der Waals surface area contributed by atoms with Crippen LogP contribution in [0.5, 0.6) is 0 Å². The van der Waals surface area contributed by atoms with Crippen LogP contribution in [0.4, 0.5) is 33.9 Å². The summed E-state index contributed by atoms with van der Waals surface area (Å²) in [4.78, 5) is 31.3. The number of amides is 2. The van der Waals surface area contributed by atoms with Crippen LogP contribution in [0, 0.1) is 11.5 Å². The number of halogens is 7. The molecular formula is C26H28F7N5O3S. The van der Waals surface area contributed by atoms with E-state index in [1.807, 2.05) is 6.19 Å². The van der Waals surface area contributed by atoms with Crippen LogP contribution >= 0.6 is 10.2 Å². The fraction of sp³-hybridized carbons (Fsp3) is 0.462. The number of methoxy groups -OCH3 is 1. The third-order valence-electron chi connectivity index (χ3n) is 7.20. The van der Waals surface area contributed by atoms with Gasteiger partial charge in [0.15, 0.2) is 6.19 Å². The summed E-state index contributed by atoms with van der Waals surface area (Å²) in [5, 5.41) is 12.2. The molecule has 0 bridgehead atoms. The predicted molar refractivity (Wildman–Crippen MR) is 139 cm³/mol. The van der Waals surface area contributed by atoms with Crippen LogP contribution in [0.25, 0.3) is 0 Å². The average molecular weight is 625 g/mol. The Morgan fingerprint density at radius 2 is 1.83 bits per heavy atom. The van der Waals surface area contributed by atoms with E-state index in [0.29, 0.717) is 17.0 Å². The molecule has 230 valence electrons. The summed E-state index contributed by atoms with van der Waals surface area (Å²) in [7, 11) is -8.81. The molecule has 8 nitrogen and oxygen atoms in total. The van der Waals surface area contributed by atoms with Gasteiger partial charge in [0.25, 0.3) is 5.91 Å². The SMILES string of the molecule is [2H]C(C(=O)NC1CCC(F)(F)CC1)(c1cccnc1)N(C(=O)[C@H]1C[C@@H](OC)CN1C#N)c1ccc(S(F)(F)(F)(F)F)cc1. The second-order valence-electron chi connectivity index (χ2n) is 10.2. The number of alkyl halides is 2. The molecule has 1 aromatic heterocycles. The van der Waals surface area contributed by atoms with Gasteiger partial charge in [-0.25, -0.2) is 8.78 Å². The van der Waals surface area contributed by atoms with Gasteiger partial charge in [-0.1, -0.05) is 25.5 Å². The van der Waals surface area contributed by atoms with Crippen LogP contribution in [0.1, 0.15) is 45.1 Å². The number of ether oxygens (including phenoxy) is 1. The normalized spacial score (nSPS) is 24.4. The maximum atomic E-state index is 14.2. The van der Waals surface area contributed by atoms with E-state index in [9.17, 15) is 44.4 Å². The van der Waals surface area contributed by atoms with Gasteiger partial charge < -0.3 is 10.1 Å². The zero-order valence-electron chi connectivity index (χ0n) is 23.2. The molecule has 1 saturated carbocycles. The molecule has 1 unspecified atom stereocenters. The number of pyridine rings is 1. The second kappa shape index (κ2) is 10.6. The van der Waals surface area contributed by atoms with Crippen LogP contribution in [0.15, 0.2) is 53.7 Å². The molecular weight excluding hydrogens is 595 g/mol. The molecule has 2 fully saturated rings. The van der Waals surface area contributed by atoms with Gasteiger partial charge in [-0.2, -0.15) is 5.26 Å². The number of benzene rings is 1. The summed E-state index contributed by atoms with van der Waals surface area (Å²) < 4.78 is 110. The van der Waals surface area contributed by atoms with Crippen molar-refractivity contribution >= 4 is 27.7 Å². The Bertz CT molecular complexity index is 1400. The highest BCUT2D eigenvalue weighted by atomic mass is 32.5. The van der Waals surface area contributed by atoms with E-state index >= 15 is 0 Å². The van der Waals surface area contributed by atoms with Crippen LogP contribution in [0.3, 0.4) is 0 Å². The Balaban J connectivity index is 1.85. The molecule has 4 rings (SSSR count). The van der Waals surface area contributed by atoms with Gasteiger partial charge in [0.1, 0.15) is 17.0 Å². The molecule has 16 heteroatoms. The maximum Gasteiger partial charge on any atom is 0.310 e. The summed E-state index contributed by atoms with van der Waals surface area (Å²) >= 11 is 0. The summed E-state index contributed by atoms with van der Waals surface area (Å²) in [5.41, 5.74) is -0.790. The smallest absolute Gasteiger partial charge is 0.310 e. The van der Waals surface area contributed by atoms with Crippen LogP contribution in [-0.4, -0.2) is 59.5 Å². The number of likely N-dealkylation sites (tertiary alicyclic amines) is 1. The first kappa shape index (κ1) is 29.9.